The number of aliphatic hydroxyl groups is 1. The second kappa shape index (κ2) is 5.31. The Balaban J connectivity index is 2.03. The van der Waals surface area contributed by atoms with Crippen LogP contribution in [0.1, 0.15) is 4.88 Å². The zero-order chi connectivity index (χ0) is 15.9. The van der Waals surface area contributed by atoms with Gasteiger partial charge in [0.15, 0.2) is 5.76 Å². The minimum Gasteiger partial charge on any atom is -0.502 e. The summed E-state index contributed by atoms with van der Waals surface area (Å²) < 4.78 is 0. The number of aliphatic hydroxyl groups excluding tert-OH is 1. The largest absolute Gasteiger partial charge is 0.502 e. The average Bonchev–Trinajstić information content (AvgIpc) is 3.08. The van der Waals surface area contributed by atoms with Gasteiger partial charge in [-0.1, -0.05) is 12.1 Å². The van der Waals surface area contributed by atoms with E-state index in [4.69, 9.17) is 0 Å². The van der Waals surface area contributed by atoms with E-state index in [1.165, 1.54) is 11.3 Å². The van der Waals surface area contributed by atoms with Crippen LogP contribution in [0.2, 0.25) is 0 Å². The third kappa shape index (κ3) is 2.17. The maximum absolute atomic E-state index is 12.6. The quantitative estimate of drug-likeness (QED) is 0.885. The highest BCUT2D eigenvalue weighted by atomic mass is 32.1. The monoisotopic (exact) mass is 314 g/mol. The summed E-state index contributed by atoms with van der Waals surface area (Å²) >= 11 is 1.31. The summed E-state index contributed by atoms with van der Waals surface area (Å²) in [6.45, 7) is 0. The van der Waals surface area contributed by atoms with Crippen LogP contribution in [0.3, 0.4) is 0 Å². The molecule has 3 rings (SSSR count). The number of benzene rings is 1. The van der Waals surface area contributed by atoms with Gasteiger partial charge in [0.25, 0.3) is 5.91 Å². The van der Waals surface area contributed by atoms with E-state index in [1.54, 1.807) is 35.7 Å². The Morgan fingerprint density at radius 1 is 1.09 bits per heavy atom. The molecule has 1 aliphatic heterocycles. The van der Waals surface area contributed by atoms with E-state index in [0.29, 0.717) is 10.6 Å². The standard InChI is InChI=1S/C16H14N2O3S/c1-17(2)10-5-3-6-11(9-10)18-15(20)13(14(19)16(18)21)12-7-4-8-22-12/h3-9,19H,1-2H3. The topological polar surface area (TPSA) is 60.9 Å². The Labute approximate surface area is 131 Å². The molecule has 0 atom stereocenters. The predicted molar refractivity (Wildman–Crippen MR) is 87.1 cm³/mol. The molecule has 0 aliphatic carbocycles. The summed E-state index contributed by atoms with van der Waals surface area (Å²) in [5.41, 5.74) is 1.37. The zero-order valence-corrected chi connectivity index (χ0v) is 12.9. The van der Waals surface area contributed by atoms with E-state index in [2.05, 4.69) is 0 Å². The van der Waals surface area contributed by atoms with Crippen molar-refractivity contribution in [3.05, 3.63) is 52.4 Å². The van der Waals surface area contributed by atoms with Crippen LogP contribution in [-0.2, 0) is 9.59 Å². The summed E-state index contributed by atoms with van der Waals surface area (Å²) in [5.74, 6) is -1.69. The molecule has 2 heterocycles. The van der Waals surface area contributed by atoms with E-state index < -0.39 is 17.6 Å². The Morgan fingerprint density at radius 2 is 1.86 bits per heavy atom. The lowest BCUT2D eigenvalue weighted by Crippen LogP contribution is -2.31. The number of hydrogen-bond donors (Lipinski definition) is 1. The van der Waals surface area contributed by atoms with Gasteiger partial charge in [-0.25, -0.2) is 4.90 Å². The summed E-state index contributed by atoms with van der Waals surface area (Å²) in [4.78, 5) is 28.4. The van der Waals surface area contributed by atoms with Crippen LogP contribution in [0.25, 0.3) is 5.57 Å². The van der Waals surface area contributed by atoms with Gasteiger partial charge in [-0.15, -0.1) is 11.3 Å². The van der Waals surface area contributed by atoms with Crippen molar-refractivity contribution < 1.29 is 14.7 Å². The SMILES string of the molecule is CN(C)c1cccc(N2C(=O)C(O)=C(c3cccs3)C2=O)c1. The summed E-state index contributed by atoms with van der Waals surface area (Å²) in [6.07, 6.45) is 0. The second-order valence-corrected chi connectivity index (χ2v) is 6.01. The number of carbonyl (C=O) groups excluding carboxylic acids is 2. The molecule has 112 valence electrons. The molecule has 0 radical (unpaired) electrons. The van der Waals surface area contributed by atoms with E-state index in [0.717, 1.165) is 10.6 Å². The van der Waals surface area contributed by atoms with Gasteiger partial charge in [0, 0.05) is 24.7 Å². The van der Waals surface area contributed by atoms with Gasteiger partial charge in [-0.3, -0.25) is 9.59 Å². The molecule has 0 saturated carbocycles. The van der Waals surface area contributed by atoms with Gasteiger partial charge in [-0.2, -0.15) is 0 Å². The first-order valence-electron chi connectivity index (χ1n) is 6.64. The number of nitrogens with zero attached hydrogens (tertiary/aromatic N) is 2. The third-order valence-corrected chi connectivity index (χ3v) is 4.32. The predicted octanol–water partition coefficient (Wildman–Crippen LogP) is 2.66. The van der Waals surface area contributed by atoms with Crippen molar-refractivity contribution in [2.24, 2.45) is 0 Å². The molecule has 2 aromatic rings. The van der Waals surface area contributed by atoms with Crippen LogP contribution in [0.5, 0.6) is 0 Å². The van der Waals surface area contributed by atoms with Crippen molar-refractivity contribution in [3.63, 3.8) is 0 Å². The Kier molecular flexibility index (Phi) is 3.46. The maximum atomic E-state index is 12.6. The van der Waals surface area contributed by atoms with Crippen molar-refractivity contribution >= 4 is 40.1 Å². The van der Waals surface area contributed by atoms with E-state index in [1.807, 2.05) is 25.1 Å². The molecule has 1 N–H and O–H groups in total. The minimum atomic E-state index is -0.690. The van der Waals surface area contributed by atoms with Gasteiger partial charge >= 0.3 is 5.91 Å². The van der Waals surface area contributed by atoms with Crippen molar-refractivity contribution in [3.8, 4) is 0 Å². The molecule has 1 aromatic heterocycles. The zero-order valence-electron chi connectivity index (χ0n) is 12.1. The van der Waals surface area contributed by atoms with E-state index >= 15 is 0 Å². The third-order valence-electron chi connectivity index (χ3n) is 3.43. The molecule has 22 heavy (non-hydrogen) atoms. The van der Waals surface area contributed by atoms with Gasteiger partial charge in [-0.05, 0) is 29.6 Å². The smallest absolute Gasteiger partial charge is 0.301 e. The lowest BCUT2D eigenvalue weighted by molar-refractivity contribution is -0.121. The Morgan fingerprint density at radius 3 is 2.50 bits per heavy atom. The second-order valence-electron chi connectivity index (χ2n) is 5.06. The lowest BCUT2D eigenvalue weighted by Gasteiger charge is -2.18. The minimum absolute atomic E-state index is 0.0651. The number of anilines is 2. The van der Waals surface area contributed by atoms with Crippen LogP contribution < -0.4 is 9.80 Å². The molecule has 0 fully saturated rings. The number of rotatable bonds is 3. The number of thiophene rings is 1. The highest BCUT2D eigenvalue weighted by Gasteiger charge is 2.40. The molecule has 6 heteroatoms. The number of imide groups is 1. The van der Waals surface area contributed by atoms with Crippen molar-refractivity contribution in [2.45, 2.75) is 0 Å². The van der Waals surface area contributed by atoms with E-state index in [-0.39, 0.29) is 5.57 Å². The first-order chi connectivity index (χ1) is 10.5. The molecule has 0 bridgehead atoms. The highest BCUT2D eigenvalue weighted by Crippen LogP contribution is 2.34. The number of carbonyl (C=O) groups is 2. The Hall–Kier alpha value is -2.60. The molecule has 0 saturated heterocycles. The summed E-state index contributed by atoms with van der Waals surface area (Å²) in [7, 11) is 3.75. The Bertz CT molecular complexity index is 778. The lowest BCUT2D eigenvalue weighted by atomic mass is 10.2. The molecule has 5 nitrogen and oxygen atoms in total. The van der Waals surface area contributed by atoms with Crippen molar-refractivity contribution in [2.75, 3.05) is 23.9 Å². The van der Waals surface area contributed by atoms with Crippen molar-refractivity contribution in [1.82, 2.24) is 0 Å². The maximum Gasteiger partial charge on any atom is 0.301 e. The van der Waals surface area contributed by atoms with Crippen LogP contribution in [0.4, 0.5) is 11.4 Å². The fraction of sp³-hybridized carbons (Fsp3) is 0.125. The van der Waals surface area contributed by atoms with Gasteiger partial charge < -0.3 is 10.0 Å². The molecule has 1 aliphatic rings. The van der Waals surface area contributed by atoms with Crippen LogP contribution in [-0.4, -0.2) is 31.0 Å². The molecule has 0 unspecified atom stereocenters. The fourth-order valence-electron chi connectivity index (χ4n) is 2.31. The van der Waals surface area contributed by atoms with Crippen LogP contribution in [0.15, 0.2) is 47.5 Å². The molecular formula is C16H14N2O3S. The summed E-state index contributed by atoms with van der Waals surface area (Å²) in [6, 6.07) is 10.5. The first-order valence-corrected chi connectivity index (χ1v) is 7.52. The van der Waals surface area contributed by atoms with Crippen LogP contribution in [0, 0.1) is 0 Å². The van der Waals surface area contributed by atoms with Gasteiger partial charge in [0.2, 0.25) is 0 Å². The summed E-state index contributed by atoms with van der Waals surface area (Å²) in [5, 5.41) is 11.9. The first kappa shape index (κ1) is 14.3. The molecule has 2 amide bonds. The molecule has 1 aromatic carbocycles. The average molecular weight is 314 g/mol. The number of amides is 2. The molecular weight excluding hydrogens is 300 g/mol. The van der Waals surface area contributed by atoms with Crippen LogP contribution >= 0.6 is 11.3 Å². The molecule has 0 spiro atoms. The van der Waals surface area contributed by atoms with E-state index in [9.17, 15) is 14.7 Å². The normalized spacial score (nSPS) is 14.9. The van der Waals surface area contributed by atoms with Gasteiger partial charge in [0.05, 0.1) is 5.69 Å². The van der Waals surface area contributed by atoms with Crippen molar-refractivity contribution in [1.29, 1.82) is 0 Å². The fourth-order valence-corrected chi connectivity index (χ4v) is 3.07. The van der Waals surface area contributed by atoms with Gasteiger partial charge in [0.1, 0.15) is 5.57 Å². The number of hydrogen-bond acceptors (Lipinski definition) is 5. The highest BCUT2D eigenvalue weighted by molar-refractivity contribution is 7.11.